The van der Waals surface area contributed by atoms with Crippen LogP contribution in [0.4, 0.5) is 18.0 Å². The zero-order valence-electron chi connectivity index (χ0n) is 29.5. The average molecular weight is 771 g/mol. The molecule has 3 aromatic heterocycles. The fraction of sp³-hybridized carbons (Fsp3) is 0.559. The predicted molar refractivity (Wildman–Crippen MR) is 183 cm³/mol. The molecule has 2 aliphatic rings. The second-order valence-electron chi connectivity index (χ2n) is 14.7. The summed E-state index contributed by atoms with van der Waals surface area (Å²) in [4.78, 5) is 35.2. The number of nitrogens with one attached hydrogen (secondary N) is 1. The van der Waals surface area contributed by atoms with Crippen LogP contribution in [0.1, 0.15) is 83.5 Å². The molecule has 1 unspecified atom stereocenters. The first-order valence-electron chi connectivity index (χ1n) is 16.8. The molecule has 2 fully saturated rings. The minimum absolute atomic E-state index is 0.0789. The molecule has 4 heterocycles. The van der Waals surface area contributed by atoms with Crippen LogP contribution < -0.4 is 14.2 Å². The van der Waals surface area contributed by atoms with E-state index < -0.39 is 33.1 Å². The number of rotatable bonds is 13. The van der Waals surface area contributed by atoms with Crippen molar-refractivity contribution >= 4 is 33.6 Å². The zero-order chi connectivity index (χ0) is 38.1. The lowest BCUT2D eigenvalue weighted by molar-refractivity contribution is -0.190. The Labute approximate surface area is 305 Å². The topological polar surface area (TPSA) is 155 Å². The minimum Gasteiger partial charge on any atom is -0.478 e. The summed E-state index contributed by atoms with van der Waals surface area (Å²) in [6, 6.07) is 6.71. The van der Waals surface area contributed by atoms with Crippen molar-refractivity contribution in [3.05, 3.63) is 53.4 Å². The van der Waals surface area contributed by atoms with E-state index in [0.717, 1.165) is 19.0 Å². The first-order valence-corrected chi connectivity index (χ1v) is 18.6. The molecule has 13 nitrogen and oxygen atoms in total. The summed E-state index contributed by atoms with van der Waals surface area (Å²) in [6.45, 7) is 10.3. The Bertz CT molecular complexity index is 1880. The minimum atomic E-state index is -4.35. The molecule has 1 saturated carbocycles. The van der Waals surface area contributed by atoms with E-state index in [0.29, 0.717) is 19.6 Å². The number of nitrogens with zero attached hydrogens (tertiary/aromatic N) is 5. The number of halogens is 4. The van der Waals surface area contributed by atoms with Gasteiger partial charge in [0, 0.05) is 30.4 Å². The molecule has 1 N–H and O–H groups in total. The number of carbonyl (C=O) groups is 2. The number of amides is 2. The van der Waals surface area contributed by atoms with Gasteiger partial charge in [0.15, 0.2) is 5.82 Å². The molecule has 0 radical (unpaired) electrons. The quantitative estimate of drug-likeness (QED) is 0.146. The molecule has 1 saturated heterocycles. The molecule has 3 aromatic rings. The Balaban J connectivity index is 1.08. The number of aromatic nitrogens is 4. The van der Waals surface area contributed by atoms with Gasteiger partial charge in [-0.25, -0.2) is 32.6 Å². The first kappa shape index (κ1) is 39.1. The Morgan fingerprint density at radius 2 is 1.75 bits per heavy atom. The average Bonchev–Trinajstić information content (AvgIpc) is 3.58. The van der Waals surface area contributed by atoms with Crippen LogP contribution in [0.5, 0.6) is 11.8 Å². The Morgan fingerprint density at radius 3 is 2.37 bits per heavy atom. The van der Waals surface area contributed by atoms with Gasteiger partial charge in [-0.3, -0.25) is 4.79 Å². The SMILES string of the molecule is CC(C)(C)OC(=O)N1CC(CCCOc2ccc(S(=O)(=O)NC(=O)c3ccc(-n4ccc(OCCC5(C(F)(F)F)CC5)n4)nc3Cl)cn2)CC1(C)C. The Morgan fingerprint density at radius 1 is 1.04 bits per heavy atom. The number of alkyl halides is 3. The van der Waals surface area contributed by atoms with E-state index in [2.05, 4.69) is 15.1 Å². The fourth-order valence-electron chi connectivity index (χ4n) is 6.02. The normalized spacial score (nSPS) is 18.2. The number of carbonyl (C=O) groups excluding carboxylic acids is 2. The molecule has 1 atom stereocenters. The van der Waals surface area contributed by atoms with Crippen LogP contribution in [-0.4, -0.2) is 82.1 Å². The van der Waals surface area contributed by atoms with Crippen LogP contribution in [0.3, 0.4) is 0 Å². The van der Waals surface area contributed by atoms with E-state index in [4.69, 9.17) is 25.8 Å². The van der Waals surface area contributed by atoms with Gasteiger partial charge in [0.2, 0.25) is 11.8 Å². The number of likely N-dealkylation sites (tertiary alicyclic amines) is 1. The third-order valence-electron chi connectivity index (χ3n) is 8.99. The summed E-state index contributed by atoms with van der Waals surface area (Å²) < 4.78 is 85.2. The van der Waals surface area contributed by atoms with Crippen LogP contribution >= 0.6 is 11.6 Å². The fourth-order valence-corrected chi connectivity index (χ4v) is 7.17. The van der Waals surface area contributed by atoms with Crippen molar-refractivity contribution in [3.63, 3.8) is 0 Å². The lowest BCUT2D eigenvalue weighted by Crippen LogP contribution is -2.45. The second kappa shape index (κ2) is 14.7. The maximum Gasteiger partial charge on any atom is 0.410 e. The number of ether oxygens (including phenoxy) is 3. The van der Waals surface area contributed by atoms with E-state index in [1.807, 2.05) is 39.3 Å². The summed E-state index contributed by atoms with van der Waals surface area (Å²) >= 11 is 6.22. The number of pyridine rings is 2. The molecular weight excluding hydrogens is 729 g/mol. The molecule has 1 aliphatic heterocycles. The van der Waals surface area contributed by atoms with Crippen LogP contribution in [0.2, 0.25) is 5.15 Å². The summed E-state index contributed by atoms with van der Waals surface area (Å²) in [5, 5.41) is 3.82. The standard InChI is InChI=1S/C34H42ClF3N6O7S/c1-31(2,3)51-30(46)43-21-22(19-32(43,4)5)7-6-17-49-26-11-8-23(20-39-26)52(47,48)42-29(45)24-9-10-25(40-28(24)35)44-16-12-27(41-44)50-18-15-33(13-14-33)34(36,37)38/h8-12,16,20,22H,6-7,13-15,17-19,21H2,1-5H3,(H,42,45). The van der Waals surface area contributed by atoms with Gasteiger partial charge in [0.1, 0.15) is 15.6 Å². The lowest BCUT2D eigenvalue weighted by atomic mass is 9.93. The van der Waals surface area contributed by atoms with E-state index in [-0.39, 0.29) is 76.6 Å². The maximum atomic E-state index is 13.1. The molecule has 284 valence electrons. The van der Waals surface area contributed by atoms with E-state index in [1.165, 1.54) is 41.2 Å². The summed E-state index contributed by atoms with van der Waals surface area (Å²) in [6.07, 6.45) is 0.237. The molecular formula is C34H42ClF3N6O7S. The van der Waals surface area contributed by atoms with Crippen molar-refractivity contribution < 1.29 is 45.4 Å². The van der Waals surface area contributed by atoms with Crippen molar-refractivity contribution in [1.29, 1.82) is 0 Å². The second-order valence-corrected chi connectivity index (χ2v) is 16.8. The molecule has 1 aliphatic carbocycles. The highest BCUT2D eigenvalue weighted by atomic mass is 35.5. The molecule has 2 amide bonds. The van der Waals surface area contributed by atoms with Crippen molar-refractivity contribution in [2.24, 2.45) is 11.3 Å². The molecule has 52 heavy (non-hydrogen) atoms. The van der Waals surface area contributed by atoms with Crippen LogP contribution in [0, 0.1) is 11.3 Å². The molecule has 18 heteroatoms. The van der Waals surface area contributed by atoms with Crippen molar-refractivity contribution in [2.75, 3.05) is 19.8 Å². The lowest BCUT2D eigenvalue weighted by Gasteiger charge is -2.33. The van der Waals surface area contributed by atoms with E-state index in [9.17, 15) is 31.2 Å². The first-order chi connectivity index (χ1) is 24.2. The summed E-state index contributed by atoms with van der Waals surface area (Å²) in [5.74, 6) is -0.323. The number of sulfonamides is 1. The van der Waals surface area contributed by atoms with E-state index >= 15 is 0 Å². The summed E-state index contributed by atoms with van der Waals surface area (Å²) in [5.41, 5.74) is -2.82. The van der Waals surface area contributed by atoms with Crippen LogP contribution in [0.15, 0.2) is 47.6 Å². The highest BCUT2D eigenvalue weighted by Gasteiger charge is 2.62. The zero-order valence-corrected chi connectivity index (χ0v) is 31.1. The summed E-state index contributed by atoms with van der Waals surface area (Å²) in [7, 11) is -4.35. The Kier molecular flexibility index (Phi) is 11.1. The largest absolute Gasteiger partial charge is 0.478 e. The Hall–Kier alpha value is -4.12. The van der Waals surface area contributed by atoms with Gasteiger partial charge in [-0.1, -0.05) is 11.6 Å². The third-order valence-corrected chi connectivity index (χ3v) is 10.6. The van der Waals surface area contributed by atoms with Gasteiger partial charge in [-0.05, 0) is 97.3 Å². The van der Waals surface area contributed by atoms with E-state index in [1.54, 1.807) is 4.90 Å². The van der Waals surface area contributed by atoms with Crippen molar-refractivity contribution in [1.82, 2.24) is 29.4 Å². The molecule has 0 aromatic carbocycles. The number of hydrogen-bond acceptors (Lipinski definition) is 10. The molecule has 0 bridgehead atoms. The maximum absolute atomic E-state index is 13.1. The third kappa shape index (κ3) is 9.45. The van der Waals surface area contributed by atoms with Gasteiger partial charge in [0.25, 0.3) is 15.9 Å². The van der Waals surface area contributed by atoms with Crippen LogP contribution in [0.25, 0.3) is 5.82 Å². The highest BCUT2D eigenvalue weighted by molar-refractivity contribution is 7.90. The monoisotopic (exact) mass is 770 g/mol. The van der Waals surface area contributed by atoms with Crippen molar-refractivity contribution in [2.45, 2.75) is 95.4 Å². The van der Waals surface area contributed by atoms with Gasteiger partial charge in [-0.15, -0.1) is 5.10 Å². The number of hydrogen-bond donors (Lipinski definition) is 1. The van der Waals surface area contributed by atoms with Crippen LogP contribution in [-0.2, 0) is 14.8 Å². The highest BCUT2D eigenvalue weighted by Crippen LogP contribution is 2.59. The van der Waals surface area contributed by atoms with Gasteiger partial charge in [0.05, 0.1) is 30.4 Å². The van der Waals surface area contributed by atoms with Gasteiger partial charge in [-0.2, -0.15) is 13.2 Å². The molecule has 0 spiro atoms. The van der Waals surface area contributed by atoms with Gasteiger partial charge >= 0.3 is 12.3 Å². The van der Waals surface area contributed by atoms with Crippen molar-refractivity contribution in [3.8, 4) is 17.6 Å². The smallest absolute Gasteiger partial charge is 0.410 e. The molecule has 5 rings (SSSR count). The van der Waals surface area contributed by atoms with Gasteiger partial charge < -0.3 is 19.1 Å². The predicted octanol–water partition coefficient (Wildman–Crippen LogP) is 6.74.